The van der Waals surface area contributed by atoms with Gasteiger partial charge in [-0.3, -0.25) is 4.79 Å². The summed E-state index contributed by atoms with van der Waals surface area (Å²) in [4.78, 5) is 13.1. The van der Waals surface area contributed by atoms with E-state index in [-0.39, 0.29) is 12.7 Å². The van der Waals surface area contributed by atoms with Crippen LogP contribution in [-0.2, 0) is 0 Å². The number of nitrogens with zero attached hydrogens (tertiary/aromatic N) is 2. The molecule has 0 unspecified atom stereocenters. The fourth-order valence-electron chi connectivity index (χ4n) is 3.17. The number of amides is 1. The Kier molecular flexibility index (Phi) is 4.05. The molecule has 0 spiro atoms. The molecule has 2 aromatic heterocycles. The zero-order valence-corrected chi connectivity index (χ0v) is 15.6. The van der Waals surface area contributed by atoms with Gasteiger partial charge in [-0.25, -0.2) is 4.68 Å². The van der Waals surface area contributed by atoms with Gasteiger partial charge in [0.2, 0.25) is 6.79 Å². The van der Waals surface area contributed by atoms with E-state index < -0.39 is 0 Å². The number of benzene rings is 2. The van der Waals surface area contributed by atoms with Gasteiger partial charge in [0.05, 0.1) is 11.3 Å². The van der Waals surface area contributed by atoms with Crippen molar-refractivity contribution in [3.63, 3.8) is 0 Å². The summed E-state index contributed by atoms with van der Waals surface area (Å²) in [5, 5.41) is 7.50. The molecule has 0 saturated heterocycles. The Morgan fingerprint density at radius 2 is 1.86 bits per heavy atom. The molecule has 0 fully saturated rings. The van der Waals surface area contributed by atoms with Gasteiger partial charge in [0.25, 0.3) is 5.91 Å². The van der Waals surface area contributed by atoms with Crippen LogP contribution in [0.3, 0.4) is 0 Å². The van der Waals surface area contributed by atoms with Crippen LogP contribution < -0.4 is 14.8 Å². The third-order valence-corrected chi connectivity index (χ3v) is 4.58. The Morgan fingerprint density at radius 3 is 2.66 bits per heavy atom. The molecule has 7 heteroatoms. The third-order valence-electron chi connectivity index (χ3n) is 4.58. The van der Waals surface area contributed by atoms with Crippen LogP contribution in [0.25, 0.3) is 17.1 Å². The first-order chi connectivity index (χ1) is 14.2. The Labute approximate surface area is 166 Å². The molecule has 2 aromatic carbocycles. The Morgan fingerprint density at radius 1 is 1.03 bits per heavy atom. The molecule has 0 radical (unpaired) electrons. The number of para-hydroxylation sites is 1. The number of ether oxygens (including phenoxy) is 2. The van der Waals surface area contributed by atoms with Crippen molar-refractivity contribution in [3.05, 3.63) is 78.2 Å². The van der Waals surface area contributed by atoms with Crippen LogP contribution in [0.4, 0.5) is 5.69 Å². The quantitative estimate of drug-likeness (QED) is 0.561. The topological polar surface area (TPSA) is 78.5 Å². The van der Waals surface area contributed by atoms with E-state index in [0.29, 0.717) is 34.2 Å². The van der Waals surface area contributed by atoms with Crippen molar-refractivity contribution in [1.29, 1.82) is 0 Å². The molecular formula is C22H17N3O4. The van der Waals surface area contributed by atoms with E-state index in [0.717, 1.165) is 11.4 Å². The lowest BCUT2D eigenvalue weighted by Crippen LogP contribution is -2.12. The number of carbonyl (C=O) groups excluding carboxylic acids is 1. The summed E-state index contributed by atoms with van der Waals surface area (Å²) in [5.74, 6) is 2.25. The van der Waals surface area contributed by atoms with Gasteiger partial charge in [0.15, 0.2) is 17.3 Å². The van der Waals surface area contributed by atoms with Crippen LogP contribution in [-0.4, -0.2) is 22.5 Å². The van der Waals surface area contributed by atoms with Crippen molar-refractivity contribution >= 4 is 11.6 Å². The molecule has 1 aliphatic heterocycles. The average molecular weight is 387 g/mol. The lowest BCUT2D eigenvalue weighted by Gasteiger charge is -2.05. The molecule has 5 rings (SSSR count). The molecule has 0 atom stereocenters. The second kappa shape index (κ2) is 6.87. The number of aryl methyl sites for hydroxylation is 1. The third kappa shape index (κ3) is 3.23. The number of carbonyl (C=O) groups is 1. The largest absolute Gasteiger partial charge is 0.460 e. The maximum absolute atomic E-state index is 13.1. The van der Waals surface area contributed by atoms with Crippen molar-refractivity contribution in [3.8, 4) is 28.6 Å². The van der Waals surface area contributed by atoms with Gasteiger partial charge in [0.1, 0.15) is 11.5 Å². The lowest BCUT2D eigenvalue weighted by molar-refractivity contribution is 0.102. The van der Waals surface area contributed by atoms with Gasteiger partial charge in [-0.1, -0.05) is 18.2 Å². The summed E-state index contributed by atoms with van der Waals surface area (Å²) in [6, 6.07) is 18.5. The molecular weight excluding hydrogens is 370 g/mol. The molecule has 7 nitrogen and oxygen atoms in total. The number of aromatic nitrogens is 2. The number of rotatable bonds is 4. The first-order valence-corrected chi connectivity index (χ1v) is 9.10. The molecule has 144 valence electrons. The van der Waals surface area contributed by atoms with Crippen molar-refractivity contribution in [2.75, 3.05) is 12.1 Å². The Bertz CT molecular complexity index is 1190. The first-order valence-electron chi connectivity index (χ1n) is 9.10. The van der Waals surface area contributed by atoms with Crippen LogP contribution >= 0.6 is 0 Å². The van der Waals surface area contributed by atoms with Crippen LogP contribution in [0.2, 0.25) is 0 Å². The van der Waals surface area contributed by atoms with Gasteiger partial charge in [0, 0.05) is 18.0 Å². The minimum absolute atomic E-state index is 0.179. The first kappa shape index (κ1) is 17.1. The molecule has 0 bridgehead atoms. The van der Waals surface area contributed by atoms with Crippen molar-refractivity contribution in [2.45, 2.75) is 6.92 Å². The lowest BCUT2D eigenvalue weighted by atomic mass is 10.2. The number of fused-ring (bicyclic) bond motifs is 1. The smallest absolute Gasteiger partial charge is 0.259 e. The van der Waals surface area contributed by atoms with Crippen LogP contribution in [0.15, 0.2) is 71.3 Å². The highest BCUT2D eigenvalue weighted by atomic mass is 16.7. The fourth-order valence-corrected chi connectivity index (χ4v) is 3.17. The van der Waals surface area contributed by atoms with Gasteiger partial charge >= 0.3 is 0 Å². The highest BCUT2D eigenvalue weighted by molar-refractivity contribution is 6.08. The SMILES string of the molecule is Cc1ccc(-c2nn(-c3ccccc3)cc2C(=O)Nc2ccc3c(c2)OCO3)o1. The zero-order chi connectivity index (χ0) is 19.8. The summed E-state index contributed by atoms with van der Waals surface area (Å²) in [6.45, 7) is 2.03. The normalized spacial score (nSPS) is 12.2. The molecule has 0 saturated carbocycles. The molecule has 1 aliphatic rings. The van der Waals surface area contributed by atoms with Crippen molar-refractivity contribution in [1.82, 2.24) is 9.78 Å². The van der Waals surface area contributed by atoms with Gasteiger partial charge in [-0.05, 0) is 43.3 Å². The molecule has 1 N–H and O–H groups in total. The Hall–Kier alpha value is -4.00. The average Bonchev–Trinajstić information content (AvgIpc) is 3.47. The van der Waals surface area contributed by atoms with E-state index in [9.17, 15) is 4.79 Å². The molecule has 0 aliphatic carbocycles. The molecule has 4 aromatic rings. The standard InChI is InChI=1S/C22H17N3O4/c1-14-7-9-19(29-14)21-17(12-25(24-21)16-5-3-2-4-6-16)22(26)23-15-8-10-18-20(11-15)28-13-27-18/h2-12H,13H2,1H3,(H,23,26). The second-order valence-electron chi connectivity index (χ2n) is 6.60. The van der Waals surface area contributed by atoms with Crippen molar-refractivity contribution in [2.24, 2.45) is 0 Å². The molecule has 3 heterocycles. The number of hydrogen-bond donors (Lipinski definition) is 1. The maximum Gasteiger partial charge on any atom is 0.259 e. The fraction of sp³-hybridized carbons (Fsp3) is 0.0909. The maximum atomic E-state index is 13.1. The minimum atomic E-state index is -0.296. The van der Waals surface area contributed by atoms with E-state index in [2.05, 4.69) is 10.4 Å². The number of hydrogen-bond acceptors (Lipinski definition) is 5. The van der Waals surface area contributed by atoms with Crippen LogP contribution in [0, 0.1) is 6.92 Å². The predicted molar refractivity (Wildman–Crippen MR) is 107 cm³/mol. The van der Waals surface area contributed by atoms with Gasteiger partial charge in [-0.2, -0.15) is 5.10 Å². The minimum Gasteiger partial charge on any atom is -0.460 e. The Balaban J connectivity index is 1.52. The highest BCUT2D eigenvalue weighted by Gasteiger charge is 2.22. The monoisotopic (exact) mass is 387 g/mol. The van der Waals surface area contributed by atoms with Crippen molar-refractivity contribution < 1.29 is 18.7 Å². The number of furan rings is 1. The van der Waals surface area contributed by atoms with E-state index in [1.807, 2.05) is 49.4 Å². The van der Waals surface area contributed by atoms with Crippen LogP contribution in [0.5, 0.6) is 11.5 Å². The summed E-state index contributed by atoms with van der Waals surface area (Å²) in [5.41, 5.74) is 2.33. The summed E-state index contributed by atoms with van der Waals surface area (Å²) in [6.07, 6.45) is 1.70. The predicted octanol–water partition coefficient (Wildman–Crippen LogP) is 4.42. The van der Waals surface area contributed by atoms with Gasteiger partial charge in [-0.15, -0.1) is 0 Å². The summed E-state index contributed by atoms with van der Waals surface area (Å²) in [7, 11) is 0. The molecule has 29 heavy (non-hydrogen) atoms. The highest BCUT2D eigenvalue weighted by Crippen LogP contribution is 2.34. The number of nitrogens with one attached hydrogen (secondary N) is 1. The van der Waals surface area contributed by atoms with E-state index in [1.54, 1.807) is 29.1 Å². The van der Waals surface area contributed by atoms with E-state index in [1.165, 1.54) is 0 Å². The number of anilines is 1. The zero-order valence-electron chi connectivity index (χ0n) is 15.6. The van der Waals surface area contributed by atoms with E-state index >= 15 is 0 Å². The summed E-state index contributed by atoms with van der Waals surface area (Å²) >= 11 is 0. The van der Waals surface area contributed by atoms with E-state index in [4.69, 9.17) is 13.9 Å². The second-order valence-corrected chi connectivity index (χ2v) is 6.60. The van der Waals surface area contributed by atoms with Gasteiger partial charge < -0.3 is 19.2 Å². The summed E-state index contributed by atoms with van der Waals surface area (Å²) < 4.78 is 18.1. The van der Waals surface area contributed by atoms with Crippen LogP contribution in [0.1, 0.15) is 16.1 Å². The molecule has 1 amide bonds.